The molecule has 51 heavy (non-hydrogen) atoms. The van der Waals surface area contributed by atoms with Gasteiger partial charge in [-0.25, -0.2) is 4.79 Å². The van der Waals surface area contributed by atoms with E-state index in [0.29, 0.717) is 19.4 Å². The van der Waals surface area contributed by atoms with Gasteiger partial charge in [0.05, 0.1) is 44.1 Å². The highest BCUT2D eigenvalue weighted by Crippen LogP contribution is 2.36. The first-order valence-electron chi connectivity index (χ1n) is 17.8. The van der Waals surface area contributed by atoms with Crippen LogP contribution < -0.4 is 10.1 Å². The third-order valence-electron chi connectivity index (χ3n) is 9.34. The molecule has 5 rings (SSSR count). The fourth-order valence-corrected chi connectivity index (χ4v) is 6.57. The molecule has 11 heteroatoms. The van der Waals surface area contributed by atoms with E-state index in [1.165, 1.54) is 7.11 Å². The van der Waals surface area contributed by atoms with E-state index in [1.807, 2.05) is 91.0 Å². The molecule has 3 aromatic rings. The van der Waals surface area contributed by atoms with E-state index in [1.54, 1.807) is 4.90 Å². The number of rotatable bonds is 18. The average Bonchev–Trinajstić information content (AvgIpc) is 3.48. The number of benzene rings is 3. The number of aliphatic hydroxyl groups is 2. The minimum Gasteiger partial charge on any atom is -0.492 e. The Balaban J connectivity index is 1.22. The first-order chi connectivity index (χ1) is 24.9. The van der Waals surface area contributed by atoms with Crippen molar-refractivity contribution in [2.24, 2.45) is 0 Å². The first kappa shape index (κ1) is 38.0. The quantitative estimate of drug-likeness (QED) is 0.169. The minimum atomic E-state index is -1.03. The molecule has 0 radical (unpaired) electrons. The van der Waals surface area contributed by atoms with Crippen LogP contribution in [-0.2, 0) is 31.8 Å². The van der Waals surface area contributed by atoms with Crippen molar-refractivity contribution in [1.29, 1.82) is 0 Å². The van der Waals surface area contributed by atoms with Crippen LogP contribution in [0.3, 0.4) is 0 Å². The van der Waals surface area contributed by atoms with Crippen molar-refractivity contribution >= 4 is 18.1 Å². The first-order valence-corrected chi connectivity index (χ1v) is 17.8. The lowest BCUT2D eigenvalue weighted by Gasteiger charge is -2.32. The van der Waals surface area contributed by atoms with Crippen LogP contribution in [0.5, 0.6) is 5.75 Å². The summed E-state index contributed by atoms with van der Waals surface area (Å²) in [7, 11) is 1.52. The predicted molar refractivity (Wildman–Crippen MR) is 194 cm³/mol. The van der Waals surface area contributed by atoms with Gasteiger partial charge in [0.15, 0.2) is 0 Å². The molecule has 3 N–H and O–H groups in total. The highest BCUT2D eigenvalue weighted by molar-refractivity contribution is 5.77. The largest absolute Gasteiger partial charge is 0.492 e. The van der Waals surface area contributed by atoms with Gasteiger partial charge in [0.2, 0.25) is 5.91 Å². The van der Waals surface area contributed by atoms with Crippen molar-refractivity contribution in [3.63, 3.8) is 0 Å². The molecule has 4 atom stereocenters. The van der Waals surface area contributed by atoms with Gasteiger partial charge in [0, 0.05) is 46.1 Å². The van der Waals surface area contributed by atoms with Gasteiger partial charge in [-0.15, -0.1) is 0 Å². The highest BCUT2D eigenvalue weighted by Gasteiger charge is 2.37. The number of aliphatic hydroxyl groups excluding tert-OH is 2. The molecule has 1 fully saturated rings. The Morgan fingerprint density at radius 1 is 1.00 bits per heavy atom. The summed E-state index contributed by atoms with van der Waals surface area (Å²) in [6, 6.07) is 23.9. The van der Waals surface area contributed by atoms with Gasteiger partial charge in [-0.2, -0.15) is 0 Å². The summed E-state index contributed by atoms with van der Waals surface area (Å²) < 4.78 is 21.5. The third kappa shape index (κ3) is 11.6. The predicted octanol–water partition coefficient (Wildman–Crippen LogP) is 4.02. The number of fused-ring (bicyclic) bond motifs is 1. The molecule has 0 aromatic heterocycles. The number of hydrogen-bond donors (Lipinski definition) is 3. The fourth-order valence-electron chi connectivity index (χ4n) is 6.57. The second-order valence-corrected chi connectivity index (χ2v) is 12.9. The lowest BCUT2D eigenvalue weighted by Crippen LogP contribution is -2.46. The summed E-state index contributed by atoms with van der Waals surface area (Å²) >= 11 is 0. The Bertz CT molecular complexity index is 1530. The molecule has 0 unspecified atom stereocenters. The van der Waals surface area contributed by atoms with Crippen molar-refractivity contribution in [3.05, 3.63) is 107 Å². The van der Waals surface area contributed by atoms with Gasteiger partial charge >= 0.3 is 6.09 Å². The summed E-state index contributed by atoms with van der Waals surface area (Å²) in [5.41, 5.74) is 3.82. The molecule has 1 heterocycles. The van der Waals surface area contributed by atoms with E-state index < -0.39 is 30.4 Å². The van der Waals surface area contributed by atoms with Gasteiger partial charge in [-0.1, -0.05) is 78.9 Å². The van der Waals surface area contributed by atoms with Gasteiger partial charge in [0.25, 0.3) is 0 Å². The monoisotopic (exact) mass is 701 g/mol. The Labute approximate surface area is 300 Å². The number of carbonyl (C=O) groups excluding carboxylic acids is 2. The summed E-state index contributed by atoms with van der Waals surface area (Å²) in [4.78, 5) is 30.5. The van der Waals surface area contributed by atoms with Crippen LogP contribution in [0.4, 0.5) is 4.79 Å². The van der Waals surface area contributed by atoms with Crippen LogP contribution in [0, 0.1) is 0 Å². The lowest BCUT2D eigenvalue weighted by molar-refractivity contribution is -0.136. The minimum absolute atomic E-state index is 0.0164. The normalized spacial score (nSPS) is 18.6. The molecule has 11 nitrogen and oxygen atoms in total. The second kappa shape index (κ2) is 20.0. The number of ether oxygens (including phenoxy) is 4. The molecule has 2 aliphatic rings. The van der Waals surface area contributed by atoms with Crippen molar-refractivity contribution in [1.82, 2.24) is 15.1 Å². The topological polar surface area (TPSA) is 130 Å². The number of methoxy groups -OCH3 is 1. The lowest BCUT2D eigenvalue weighted by atomic mass is 9.97. The number of carbonyl (C=O) groups is 2. The number of amides is 2. The van der Waals surface area contributed by atoms with E-state index in [-0.39, 0.29) is 38.5 Å². The summed E-state index contributed by atoms with van der Waals surface area (Å²) in [6.45, 7) is 5.43. The Morgan fingerprint density at radius 3 is 2.51 bits per heavy atom. The molecule has 274 valence electrons. The van der Waals surface area contributed by atoms with Crippen LogP contribution in [0.25, 0.3) is 6.08 Å². The molecule has 3 aromatic carbocycles. The van der Waals surface area contributed by atoms with Crippen molar-refractivity contribution in [3.8, 4) is 5.75 Å². The van der Waals surface area contributed by atoms with Gasteiger partial charge in [-0.05, 0) is 47.2 Å². The SMILES string of the molecule is COCCOC(=O)N[C@@H](Cc1ccccc1)[C@@H](O)CCC(=O)N(CC=Cc1ccc(OCCN2CCOCC2)cc1)[C@H]1c2ccccc2C[C@H]1O. The highest BCUT2D eigenvalue weighted by atomic mass is 16.6. The molecule has 0 bridgehead atoms. The van der Waals surface area contributed by atoms with E-state index in [2.05, 4.69) is 10.2 Å². The maximum absolute atomic E-state index is 14.0. The van der Waals surface area contributed by atoms with Crippen LogP contribution in [-0.4, -0.2) is 117 Å². The van der Waals surface area contributed by atoms with Crippen LogP contribution in [0.1, 0.15) is 41.1 Å². The number of alkyl carbamates (subject to hydrolysis) is 1. The molecule has 1 saturated heterocycles. The maximum Gasteiger partial charge on any atom is 0.407 e. The second-order valence-electron chi connectivity index (χ2n) is 12.9. The Hall–Kier alpha value is -4.26. The van der Waals surface area contributed by atoms with E-state index in [4.69, 9.17) is 18.9 Å². The van der Waals surface area contributed by atoms with Crippen molar-refractivity contribution < 1.29 is 38.7 Å². The molecular formula is C40H51N3O8. The zero-order chi connectivity index (χ0) is 35.8. The van der Waals surface area contributed by atoms with E-state index >= 15 is 0 Å². The standard InChI is InChI=1S/C40H51N3O8/c1-48-26-27-51-40(47)41-35(28-31-8-3-2-4-9-31)36(44)17-18-38(46)43(39-34-12-6-5-11-32(34)29-37(39)45)19-7-10-30-13-15-33(16-14-30)50-25-22-42-20-23-49-24-21-42/h2-16,35-37,39,44-45H,17-29H2,1H3,(H,41,47)/t35-,36-,37+,39-/m0/s1. The van der Waals surface area contributed by atoms with Gasteiger partial charge < -0.3 is 39.4 Å². The average molecular weight is 702 g/mol. The zero-order valence-electron chi connectivity index (χ0n) is 29.4. The van der Waals surface area contributed by atoms with E-state index in [0.717, 1.165) is 60.9 Å². The van der Waals surface area contributed by atoms with Crippen LogP contribution >= 0.6 is 0 Å². The number of nitrogens with zero attached hydrogens (tertiary/aromatic N) is 2. The number of hydrogen-bond acceptors (Lipinski definition) is 9. The third-order valence-corrected chi connectivity index (χ3v) is 9.34. The Kier molecular flexibility index (Phi) is 14.9. The summed E-state index contributed by atoms with van der Waals surface area (Å²) in [5, 5.41) is 25.3. The van der Waals surface area contributed by atoms with Crippen molar-refractivity contribution in [2.75, 3.05) is 66.3 Å². The molecule has 1 aliphatic carbocycles. The van der Waals surface area contributed by atoms with Gasteiger partial charge in [-0.3, -0.25) is 9.69 Å². The molecule has 2 amide bonds. The summed E-state index contributed by atoms with van der Waals surface area (Å²) in [6.07, 6.45) is 2.36. The zero-order valence-corrected chi connectivity index (χ0v) is 29.4. The van der Waals surface area contributed by atoms with Crippen LogP contribution in [0.15, 0.2) is 84.9 Å². The van der Waals surface area contributed by atoms with E-state index in [9.17, 15) is 19.8 Å². The Morgan fingerprint density at radius 2 is 1.75 bits per heavy atom. The molecule has 1 aliphatic heterocycles. The molecule has 0 spiro atoms. The molecular weight excluding hydrogens is 650 g/mol. The van der Waals surface area contributed by atoms with Gasteiger partial charge in [0.1, 0.15) is 19.0 Å². The fraction of sp³-hybridized carbons (Fsp3) is 0.450. The number of nitrogens with one attached hydrogen (secondary N) is 1. The van der Waals surface area contributed by atoms with Crippen molar-refractivity contribution in [2.45, 2.75) is 50.0 Å². The van der Waals surface area contributed by atoms with Crippen LogP contribution in [0.2, 0.25) is 0 Å². The summed E-state index contributed by atoms with van der Waals surface area (Å²) in [5.74, 6) is 0.592. The maximum atomic E-state index is 14.0. The number of morpholine rings is 1. The molecule has 0 saturated carbocycles. The smallest absolute Gasteiger partial charge is 0.407 e.